The third kappa shape index (κ3) is 6.48. The van der Waals surface area contributed by atoms with Gasteiger partial charge in [0.25, 0.3) is 5.69 Å². The van der Waals surface area contributed by atoms with E-state index in [1.807, 2.05) is 36.4 Å². The summed E-state index contributed by atoms with van der Waals surface area (Å²) in [4.78, 5) is 10.7. The molecule has 0 heterocycles. The van der Waals surface area contributed by atoms with E-state index in [1.165, 1.54) is 0 Å². The minimum Gasteiger partial charge on any atom is -0.598 e. The van der Waals surface area contributed by atoms with Crippen molar-refractivity contribution in [2.75, 3.05) is 6.61 Å². The maximum atomic E-state index is 14.9. The number of non-ortho nitro benzene ring substituents is 1. The van der Waals surface area contributed by atoms with Gasteiger partial charge in [-0.1, -0.05) is 30.3 Å². The number of benzene rings is 2. The Morgan fingerprint density at radius 3 is 2.42 bits per heavy atom. The molecule has 0 fully saturated rings. The molecule has 31 heavy (non-hydrogen) atoms. The standard InChI is InChI=1S/C22H26FN3O4S/c1-21(2,3)31(29)25-22(4,18-14-17(26(27)28)10-11-19(18)23)15-20(30-13-12-24)16-8-6-5-7-9-16/h5-11,14,20,25H,13,15H2,1-4H3/t20-,22-,31?/m0/s1. The molecule has 0 radical (unpaired) electrons. The lowest BCUT2D eigenvalue weighted by Crippen LogP contribution is -2.51. The average molecular weight is 448 g/mol. The highest BCUT2D eigenvalue weighted by Gasteiger charge is 2.41. The minimum atomic E-state index is -1.62. The first-order valence-corrected chi connectivity index (χ1v) is 10.8. The van der Waals surface area contributed by atoms with Gasteiger partial charge in [0.15, 0.2) is 0 Å². The van der Waals surface area contributed by atoms with E-state index < -0.39 is 38.5 Å². The van der Waals surface area contributed by atoms with E-state index in [0.29, 0.717) is 0 Å². The fraction of sp³-hybridized carbons (Fsp3) is 0.409. The zero-order valence-electron chi connectivity index (χ0n) is 17.9. The molecule has 2 rings (SSSR count). The van der Waals surface area contributed by atoms with Crippen molar-refractivity contribution in [3.8, 4) is 6.07 Å². The van der Waals surface area contributed by atoms with Crippen LogP contribution in [0.3, 0.4) is 0 Å². The maximum absolute atomic E-state index is 14.9. The van der Waals surface area contributed by atoms with Gasteiger partial charge in [-0.3, -0.25) is 10.1 Å². The first-order chi connectivity index (χ1) is 14.5. The van der Waals surface area contributed by atoms with E-state index in [9.17, 15) is 19.1 Å². The molecule has 166 valence electrons. The normalized spacial score (nSPS) is 15.5. The van der Waals surface area contributed by atoms with Crippen LogP contribution in [0.5, 0.6) is 0 Å². The predicted octanol–water partition coefficient (Wildman–Crippen LogP) is 4.67. The molecule has 0 saturated carbocycles. The molecule has 0 spiro atoms. The average Bonchev–Trinajstić information content (AvgIpc) is 2.71. The summed E-state index contributed by atoms with van der Waals surface area (Å²) in [7, 11) is 0. The van der Waals surface area contributed by atoms with Gasteiger partial charge in [0.05, 0.1) is 22.6 Å². The van der Waals surface area contributed by atoms with Crippen molar-refractivity contribution >= 4 is 17.0 Å². The molecule has 2 aromatic carbocycles. The summed E-state index contributed by atoms with van der Waals surface area (Å²) >= 11 is -1.62. The van der Waals surface area contributed by atoms with E-state index in [1.54, 1.807) is 27.7 Å². The Balaban J connectivity index is 2.57. The number of nitrogens with one attached hydrogen (secondary N) is 1. The van der Waals surface area contributed by atoms with Crippen LogP contribution < -0.4 is 4.72 Å². The molecule has 0 bridgehead atoms. The van der Waals surface area contributed by atoms with Crippen LogP contribution >= 0.6 is 0 Å². The number of hydrogen-bond donors (Lipinski definition) is 1. The zero-order valence-corrected chi connectivity index (χ0v) is 18.7. The third-order valence-corrected chi connectivity index (χ3v) is 6.49. The molecule has 1 unspecified atom stereocenters. The number of hydrogen-bond acceptors (Lipinski definition) is 6. The summed E-state index contributed by atoms with van der Waals surface area (Å²) in [6.45, 7) is 6.73. The largest absolute Gasteiger partial charge is 0.598 e. The van der Waals surface area contributed by atoms with Gasteiger partial charge in [-0.2, -0.15) is 5.26 Å². The highest BCUT2D eigenvalue weighted by molar-refractivity contribution is 7.90. The second kappa shape index (κ2) is 10.2. The lowest BCUT2D eigenvalue weighted by atomic mass is 9.85. The van der Waals surface area contributed by atoms with Crippen molar-refractivity contribution < 1.29 is 18.6 Å². The van der Waals surface area contributed by atoms with Crippen LogP contribution in [0.4, 0.5) is 10.1 Å². The van der Waals surface area contributed by atoms with Gasteiger partial charge in [-0.05, 0) is 39.3 Å². The highest BCUT2D eigenvalue weighted by atomic mass is 32.2. The minimum absolute atomic E-state index is 0.000730. The molecule has 0 aliphatic heterocycles. The maximum Gasteiger partial charge on any atom is 0.269 e. The van der Waals surface area contributed by atoms with E-state index in [-0.39, 0.29) is 24.3 Å². The van der Waals surface area contributed by atoms with Gasteiger partial charge >= 0.3 is 0 Å². The van der Waals surface area contributed by atoms with Crippen molar-refractivity contribution in [3.05, 3.63) is 75.6 Å². The van der Waals surface area contributed by atoms with Crippen LogP contribution in [0.15, 0.2) is 48.5 Å². The van der Waals surface area contributed by atoms with Gasteiger partial charge in [-0.15, -0.1) is 4.72 Å². The van der Waals surface area contributed by atoms with Crippen LogP contribution in [0.1, 0.15) is 51.3 Å². The van der Waals surface area contributed by atoms with Gasteiger partial charge in [-0.25, -0.2) is 4.39 Å². The van der Waals surface area contributed by atoms with Gasteiger partial charge < -0.3 is 9.29 Å². The number of nitriles is 1. The van der Waals surface area contributed by atoms with Crippen molar-refractivity contribution in [3.63, 3.8) is 0 Å². The Morgan fingerprint density at radius 1 is 1.23 bits per heavy atom. The van der Waals surface area contributed by atoms with Gasteiger partial charge in [0, 0.05) is 35.5 Å². The van der Waals surface area contributed by atoms with E-state index >= 15 is 0 Å². The molecule has 1 N–H and O–H groups in total. The Kier molecular flexibility index (Phi) is 8.14. The molecule has 0 aliphatic carbocycles. The first-order valence-electron chi connectivity index (χ1n) is 9.65. The fourth-order valence-corrected chi connectivity index (χ4v) is 3.97. The second-order valence-corrected chi connectivity index (χ2v) is 10.3. The number of nitrogens with zero attached hydrogens (tertiary/aromatic N) is 2. The molecule has 0 saturated heterocycles. The van der Waals surface area contributed by atoms with Crippen LogP contribution in [0, 0.1) is 27.3 Å². The van der Waals surface area contributed by atoms with E-state index in [2.05, 4.69) is 4.72 Å². The fourth-order valence-electron chi connectivity index (χ4n) is 3.06. The van der Waals surface area contributed by atoms with E-state index in [0.717, 1.165) is 23.8 Å². The topological polar surface area (TPSA) is 111 Å². The summed E-state index contributed by atoms with van der Waals surface area (Å²) in [5.41, 5.74) is -0.830. The Hall–Kier alpha value is -2.51. The molecule has 0 amide bonds. The molecule has 9 heteroatoms. The van der Waals surface area contributed by atoms with Crippen molar-refractivity contribution in [2.24, 2.45) is 0 Å². The lowest BCUT2D eigenvalue weighted by Gasteiger charge is -2.37. The molecule has 0 aromatic heterocycles. The van der Waals surface area contributed by atoms with Crippen LogP contribution in [0.25, 0.3) is 0 Å². The first kappa shape index (κ1) is 24.8. The summed E-state index contributed by atoms with van der Waals surface area (Å²) in [6, 6.07) is 14.3. The van der Waals surface area contributed by atoms with Crippen LogP contribution in [-0.4, -0.2) is 20.8 Å². The molecule has 0 aliphatic rings. The molecule has 7 nitrogen and oxygen atoms in total. The Bertz CT molecular complexity index is 946. The van der Waals surface area contributed by atoms with Crippen molar-refractivity contribution in [1.29, 1.82) is 5.26 Å². The zero-order chi connectivity index (χ0) is 23.2. The number of nitro benzene ring substituents is 1. The Labute approximate surface area is 184 Å². The molecular weight excluding hydrogens is 421 g/mol. The highest BCUT2D eigenvalue weighted by Crippen LogP contribution is 2.38. The summed E-state index contributed by atoms with van der Waals surface area (Å²) in [5, 5.41) is 20.3. The predicted molar refractivity (Wildman–Crippen MR) is 117 cm³/mol. The molecule has 3 atom stereocenters. The SMILES string of the molecule is CC(C)(C)[S+]([O-])N[C@@](C)(C[C@H](OCC#N)c1ccccc1)c1cc([N+](=O)[O-])ccc1F. The van der Waals surface area contributed by atoms with Crippen LogP contribution in [0.2, 0.25) is 0 Å². The third-order valence-electron chi connectivity index (χ3n) is 4.74. The number of halogens is 1. The Morgan fingerprint density at radius 2 is 1.87 bits per heavy atom. The van der Waals surface area contributed by atoms with Gasteiger partial charge in [0.2, 0.25) is 0 Å². The van der Waals surface area contributed by atoms with Crippen molar-refractivity contribution in [1.82, 2.24) is 4.72 Å². The summed E-state index contributed by atoms with van der Waals surface area (Å²) < 4.78 is 35.9. The monoisotopic (exact) mass is 447 g/mol. The number of ether oxygens (including phenoxy) is 1. The van der Waals surface area contributed by atoms with E-state index in [4.69, 9.17) is 10.00 Å². The summed E-state index contributed by atoms with van der Waals surface area (Å²) in [6.07, 6.45) is -0.563. The molecular formula is C22H26FN3O4S. The van der Waals surface area contributed by atoms with Crippen molar-refractivity contribution in [2.45, 2.75) is 50.5 Å². The molecule has 2 aromatic rings. The number of nitro groups is 1. The summed E-state index contributed by atoms with van der Waals surface area (Å²) in [5.74, 6) is -0.668. The van der Waals surface area contributed by atoms with Crippen LogP contribution in [-0.2, 0) is 21.6 Å². The lowest BCUT2D eigenvalue weighted by molar-refractivity contribution is -0.385. The smallest absolute Gasteiger partial charge is 0.269 e. The quantitative estimate of drug-likeness (QED) is 0.340. The number of rotatable bonds is 9. The second-order valence-electron chi connectivity index (χ2n) is 8.31. The van der Waals surface area contributed by atoms with Gasteiger partial charge in [0.1, 0.15) is 17.2 Å².